The van der Waals surface area contributed by atoms with Crippen LogP contribution in [0, 0.1) is 0 Å². The molecule has 11 heterocycles. The first kappa shape index (κ1) is 47.1. The molecule has 5 aromatic rings. The van der Waals surface area contributed by atoms with Crippen LogP contribution < -0.4 is 0 Å². The average Bonchev–Trinajstić information content (AvgIpc) is 4.20. The summed E-state index contributed by atoms with van der Waals surface area (Å²) in [6, 6.07) is 25.5. The largest absolute Gasteiger partial charge is 0.355 e. The van der Waals surface area contributed by atoms with Gasteiger partial charge < -0.3 is 57.3 Å². The summed E-state index contributed by atoms with van der Waals surface area (Å²) >= 11 is 3.39. The molecule has 3 aromatic heterocycles. The highest BCUT2D eigenvalue weighted by Crippen LogP contribution is 2.52. The van der Waals surface area contributed by atoms with Crippen molar-refractivity contribution >= 4 is 69.9 Å². The Labute approximate surface area is 426 Å². The summed E-state index contributed by atoms with van der Waals surface area (Å²) in [6.45, 7) is 15.3. The maximum atomic E-state index is 7.06. The summed E-state index contributed by atoms with van der Waals surface area (Å²) in [7, 11) is 0. The van der Waals surface area contributed by atoms with E-state index in [1.807, 2.05) is 55.4 Å². The molecule has 374 valence electrons. The summed E-state index contributed by atoms with van der Waals surface area (Å²) < 4.78 is 66.9. The molecule has 6 saturated heterocycles. The Bertz CT molecular complexity index is 3020. The van der Waals surface area contributed by atoms with Crippen LogP contribution in [-0.4, -0.2) is 105 Å². The molecule has 10 atom stereocenters. The zero-order valence-corrected chi connectivity index (χ0v) is 43.4. The van der Waals surface area contributed by atoms with Gasteiger partial charge in [-0.15, -0.1) is 23.5 Å². The lowest BCUT2D eigenvalue weighted by molar-refractivity contribution is -0.236. The second-order valence-electron chi connectivity index (χ2n) is 21.2. The molecule has 8 aliphatic heterocycles. The Balaban J connectivity index is 1.11. The van der Waals surface area contributed by atoms with Crippen molar-refractivity contribution in [2.45, 2.75) is 150 Å². The molecule has 0 amide bonds. The fourth-order valence-corrected chi connectivity index (χ4v) is 12.5. The number of fused-ring (bicyclic) bond motifs is 14. The van der Waals surface area contributed by atoms with E-state index in [2.05, 4.69) is 120 Å². The number of H-pyrrole nitrogens is 2. The molecule has 8 aliphatic rings. The van der Waals surface area contributed by atoms with E-state index in [4.69, 9.17) is 57.3 Å². The van der Waals surface area contributed by atoms with Crippen molar-refractivity contribution in [2.75, 3.05) is 12.5 Å². The van der Waals surface area contributed by atoms with E-state index in [0.717, 1.165) is 76.6 Å². The molecule has 0 spiro atoms. The molecule has 2 aromatic carbocycles. The lowest BCUT2D eigenvalue weighted by Gasteiger charge is -2.37. The highest BCUT2D eigenvalue weighted by atomic mass is 32.2. The molecule has 0 radical (unpaired) electrons. The number of hydrogen-bond donors (Lipinski definition) is 2. The number of aromatic nitrogens is 4. The van der Waals surface area contributed by atoms with Crippen LogP contribution >= 0.6 is 23.5 Å². The van der Waals surface area contributed by atoms with Gasteiger partial charge in [-0.2, -0.15) is 0 Å². The highest BCUT2D eigenvalue weighted by Gasteiger charge is 2.63. The minimum absolute atomic E-state index is 0.494. The molecule has 0 unspecified atom stereocenters. The Kier molecular flexibility index (Phi) is 11.1. The van der Waals surface area contributed by atoms with Gasteiger partial charge in [0.25, 0.3) is 0 Å². The van der Waals surface area contributed by atoms with Crippen LogP contribution in [0.5, 0.6) is 0 Å². The minimum Gasteiger partial charge on any atom is -0.355 e. The number of benzene rings is 2. The Morgan fingerprint density at radius 3 is 1.11 bits per heavy atom. The van der Waals surface area contributed by atoms with E-state index >= 15 is 0 Å². The predicted molar refractivity (Wildman–Crippen MR) is 276 cm³/mol. The van der Waals surface area contributed by atoms with Crippen LogP contribution in [0.25, 0.3) is 68.6 Å². The number of nitrogens with one attached hydrogen (secondary N) is 2. The van der Waals surface area contributed by atoms with Crippen molar-refractivity contribution in [1.29, 1.82) is 0 Å². The van der Waals surface area contributed by atoms with E-state index in [9.17, 15) is 0 Å². The Morgan fingerprint density at radius 2 is 0.722 bits per heavy atom. The molecule has 13 rings (SSSR count). The topological polar surface area (TPSA) is 150 Å². The second kappa shape index (κ2) is 16.9. The third-order valence-electron chi connectivity index (χ3n) is 14.5. The second-order valence-corrected chi connectivity index (χ2v) is 23.0. The highest BCUT2D eigenvalue weighted by molar-refractivity contribution is 7.98. The predicted octanol–water partition coefficient (Wildman–Crippen LogP) is 11.6. The molecular formula is C56H58N4O10S2. The van der Waals surface area contributed by atoms with E-state index in [1.165, 1.54) is 0 Å². The third kappa shape index (κ3) is 8.05. The van der Waals surface area contributed by atoms with Crippen LogP contribution in [-0.2, 0) is 47.4 Å². The van der Waals surface area contributed by atoms with Crippen molar-refractivity contribution < 1.29 is 47.4 Å². The molecule has 14 nitrogen and oxygen atoms in total. The van der Waals surface area contributed by atoms with Crippen LogP contribution in [0.1, 0.15) is 102 Å². The Morgan fingerprint density at radius 1 is 0.389 bits per heavy atom. The smallest absolute Gasteiger partial charge is 0.190 e. The van der Waals surface area contributed by atoms with Gasteiger partial charge in [0, 0.05) is 54.1 Å². The first-order chi connectivity index (χ1) is 34.4. The summed E-state index contributed by atoms with van der Waals surface area (Å²) in [4.78, 5) is 21.2. The number of hydrogen-bond acceptors (Lipinski definition) is 14. The maximum absolute atomic E-state index is 7.06. The zero-order valence-electron chi connectivity index (χ0n) is 41.8. The molecule has 2 N–H and O–H groups in total. The number of ether oxygens (including phenoxy) is 10. The van der Waals surface area contributed by atoms with Crippen LogP contribution in [0.3, 0.4) is 0 Å². The first-order valence-corrected chi connectivity index (χ1v) is 27.1. The van der Waals surface area contributed by atoms with Gasteiger partial charge in [-0.1, -0.05) is 24.3 Å². The molecule has 72 heavy (non-hydrogen) atoms. The summed E-state index contributed by atoms with van der Waals surface area (Å²) in [5.74, 6) is -3.64. The minimum atomic E-state index is -0.921. The van der Waals surface area contributed by atoms with Gasteiger partial charge in [-0.25, -0.2) is 9.97 Å². The molecule has 16 heteroatoms. The van der Waals surface area contributed by atoms with Crippen LogP contribution in [0.2, 0.25) is 0 Å². The number of rotatable bonds is 6. The van der Waals surface area contributed by atoms with Gasteiger partial charge in [-0.3, -0.25) is 0 Å². The van der Waals surface area contributed by atoms with Crippen LogP contribution in [0.15, 0.2) is 82.6 Å². The maximum Gasteiger partial charge on any atom is 0.190 e. The third-order valence-corrected chi connectivity index (χ3v) is 16.0. The summed E-state index contributed by atoms with van der Waals surface area (Å²) in [5, 5.41) is 0. The molecule has 0 saturated carbocycles. The number of nitrogens with zero attached hydrogens (tertiary/aromatic N) is 2. The average molecular weight is 1010 g/mol. The summed E-state index contributed by atoms with van der Waals surface area (Å²) in [5.41, 5.74) is 11.5. The van der Waals surface area contributed by atoms with Gasteiger partial charge in [0.1, 0.15) is 48.8 Å². The SMILES string of the molecule is CSc1ccc(-c2c3nc(c([C@H]4O[C@@H]5OC(C)(C)O[C@@H]5[C@H]5OC(C)(C)O[C@H]54)c4ccc([nH]4)c(-c4ccc(SC)cc4)c4nc(c([C@H]5O[C@@H]6OC(C)(C)O[C@@H]6[C@H]6OC(C)(C)O[C@H]65)c5ccc2[nH]5)C=C4)C=C3)cc1. The molecule has 6 fully saturated rings. The number of thioether (sulfide) groups is 2. The molecule has 8 bridgehead atoms. The molecular weight excluding hydrogens is 953 g/mol. The normalized spacial score (nSPS) is 31.1. The summed E-state index contributed by atoms with van der Waals surface area (Å²) in [6.07, 6.45) is 6.44. The first-order valence-electron chi connectivity index (χ1n) is 24.6. The lowest BCUT2D eigenvalue weighted by atomic mass is 9.93. The van der Waals surface area contributed by atoms with E-state index in [0.29, 0.717) is 11.4 Å². The van der Waals surface area contributed by atoms with Crippen LogP contribution in [0.4, 0.5) is 0 Å². The van der Waals surface area contributed by atoms with Crippen molar-refractivity contribution in [1.82, 2.24) is 19.9 Å². The van der Waals surface area contributed by atoms with Gasteiger partial charge in [-0.05, 0) is 152 Å². The van der Waals surface area contributed by atoms with E-state index in [-0.39, 0.29) is 0 Å². The van der Waals surface area contributed by atoms with E-state index < -0.39 is 84.6 Å². The fourth-order valence-electron chi connectivity index (χ4n) is 11.7. The van der Waals surface area contributed by atoms with Gasteiger partial charge in [0.2, 0.25) is 0 Å². The van der Waals surface area contributed by atoms with Gasteiger partial charge in [0.05, 0.1) is 22.8 Å². The van der Waals surface area contributed by atoms with E-state index in [1.54, 1.807) is 23.5 Å². The van der Waals surface area contributed by atoms with Crippen molar-refractivity contribution in [3.05, 3.63) is 107 Å². The molecule has 0 aliphatic carbocycles. The quantitative estimate of drug-likeness (QED) is 0.152. The monoisotopic (exact) mass is 1010 g/mol. The fraction of sp³-hybridized carbons (Fsp3) is 0.429. The number of aromatic amines is 2. The van der Waals surface area contributed by atoms with Crippen molar-refractivity contribution in [3.63, 3.8) is 0 Å². The lowest BCUT2D eigenvalue weighted by Crippen LogP contribution is -2.51. The van der Waals surface area contributed by atoms with Gasteiger partial charge in [0.15, 0.2) is 35.7 Å². The van der Waals surface area contributed by atoms with Gasteiger partial charge >= 0.3 is 0 Å². The Hall–Kier alpha value is -4.66. The van der Waals surface area contributed by atoms with Crippen molar-refractivity contribution in [2.24, 2.45) is 0 Å². The standard InChI is InChI=1S/C56H58N4O10S2/c1-53(2)63-45-43(61-51-49(47(45)65-53)67-55(5,6)69-51)41-35-23-19-31(57-35)39(27-11-15-29(71-9)16-12-27)33-21-25-37(59-33)42(44-46-48(66-54(3,4)64-46)50-52(62-44)70-56(7,8)68-50)38-26-22-34(60-38)40(32-20-24-36(41)58-32)28-13-17-30(72-10)18-14-28/h11-26,43-52,57,60H,1-10H3/t43-,44-,45+,46+,47+,48+,49-,50-,51-,52-/m1/s1. The van der Waals surface area contributed by atoms with Crippen molar-refractivity contribution in [3.8, 4) is 22.3 Å². The zero-order chi connectivity index (χ0) is 49.6.